The summed E-state index contributed by atoms with van der Waals surface area (Å²) in [7, 11) is 0. The van der Waals surface area contributed by atoms with E-state index in [-0.39, 0.29) is 0 Å². The zero-order valence-corrected chi connectivity index (χ0v) is 13.5. The molecule has 0 atom stereocenters. The molecule has 0 radical (unpaired) electrons. The van der Waals surface area contributed by atoms with Crippen LogP contribution in [0.15, 0.2) is 49.1 Å². The summed E-state index contributed by atoms with van der Waals surface area (Å²) >= 11 is 0. The van der Waals surface area contributed by atoms with Gasteiger partial charge in [-0.15, -0.1) is 0 Å². The van der Waals surface area contributed by atoms with E-state index in [1.807, 2.05) is 12.2 Å². The van der Waals surface area contributed by atoms with Crippen LogP contribution in [0.25, 0.3) is 0 Å². The number of allylic oxidation sites excluding steroid dienone is 7. The minimum atomic E-state index is 1.01. The van der Waals surface area contributed by atoms with Gasteiger partial charge in [-0.3, -0.25) is 0 Å². The standard InChI is InChI=1S/C20H34/c1-3-5-7-9-11-13-15-17-19-20-18-16-14-12-10-8-6-4-2/h3,5,7,11,13,17,19H,1,4,6,8-10,12,14-16,18,20H2,2H3. The van der Waals surface area contributed by atoms with Crippen molar-refractivity contribution in [1.82, 2.24) is 0 Å². The quantitative estimate of drug-likeness (QED) is 0.179. The molecule has 0 aromatic heterocycles. The van der Waals surface area contributed by atoms with Gasteiger partial charge in [-0.2, -0.15) is 0 Å². The highest BCUT2D eigenvalue weighted by molar-refractivity contribution is 5.02. The highest BCUT2D eigenvalue weighted by Gasteiger charge is 1.90. The monoisotopic (exact) mass is 274 g/mol. The molecule has 0 aliphatic carbocycles. The van der Waals surface area contributed by atoms with Crippen LogP contribution in [0, 0.1) is 0 Å². The largest absolute Gasteiger partial charge is 0.0991 e. The Morgan fingerprint density at radius 3 is 1.85 bits per heavy atom. The molecule has 114 valence electrons. The van der Waals surface area contributed by atoms with E-state index in [4.69, 9.17) is 0 Å². The number of hydrogen-bond donors (Lipinski definition) is 0. The molecule has 0 heterocycles. The fourth-order valence-electron chi connectivity index (χ4n) is 2.13. The minimum absolute atomic E-state index is 1.01. The van der Waals surface area contributed by atoms with Gasteiger partial charge in [0.1, 0.15) is 0 Å². The third-order valence-electron chi connectivity index (χ3n) is 3.37. The Hall–Kier alpha value is -1.04. The zero-order chi connectivity index (χ0) is 14.7. The zero-order valence-electron chi connectivity index (χ0n) is 13.5. The Morgan fingerprint density at radius 2 is 1.20 bits per heavy atom. The third-order valence-corrected chi connectivity index (χ3v) is 3.37. The van der Waals surface area contributed by atoms with Gasteiger partial charge >= 0.3 is 0 Å². The molecule has 0 nitrogen and oxygen atoms in total. The molecule has 0 aromatic rings. The summed E-state index contributed by atoms with van der Waals surface area (Å²) < 4.78 is 0. The molecule has 0 N–H and O–H groups in total. The van der Waals surface area contributed by atoms with Crippen LogP contribution < -0.4 is 0 Å². The molecule has 0 heteroatoms. The second-order valence-electron chi connectivity index (χ2n) is 5.34. The van der Waals surface area contributed by atoms with E-state index in [0.29, 0.717) is 0 Å². The molecule has 0 saturated carbocycles. The first-order valence-electron chi connectivity index (χ1n) is 8.49. The van der Waals surface area contributed by atoms with Crippen molar-refractivity contribution in [3.63, 3.8) is 0 Å². The third kappa shape index (κ3) is 17.0. The maximum absolute atomic E-state index is 3.65. The first kappa shape index (κ1) is 19.0. The Balaban J connectivity index is 3.19. The van der Waals surface area contributed by atoms with Crippen LogP contribution in [0.5, 0.6) is 0 Å². The van der Waals surface area contributed by atoms with Crippen molar-refractivity contribution in [1.29, 1.82) is 0 Å². The van der Waals surface area contributed by atoms with Gasteiger partial charge in [-0.1, -0.05) is 101 Å². The van der Waals surface area contributed by atoms with Gasteiger partial charge in [0.15, 0.2) is 0 Å². The highest BCUT2D eigenvalue weighted by Crippen LogP contribution is 2.09. The fourth-order valence-corrected chi connectivity index (χ4v) is 2.13. The maximum atomic E-state index is 3.65. The van der Waals surface area contributed by atoms with Crippen LogP contribution in [0.4, 0.5) is 0 Å². The summed E-state index contributed by atoms with van der Waals surface area (Å²) in [5, 5.41) is 0. The molecule has 0 rings (SSSR count). The molecule has 0 aromatic carbocycles. The smallest absolute Gasteiger partial charge is 0.0166 e. The van der Waals surface area contributed by atoms with Gasteiger partial charge in [0.05, 0.1) is 0 Å². The second-order valence-corrected chi connectivity index (χ2v) is 5.34. The van der Waals surface area contributed by atoms with Gasteiger partial charge in [0, 0.05) is 0 Å². The lowest BCUT2D eigenvalue weighted by atomic mass is 10.1. The van der Waals surface area contributed by atoms with E-state index in [0.717, 1.165) is 12.8 Å². The first-order chi connectivity index (χ1) is 9.91. The lowest BCUT2D eigenvalue weighted by molar-refractivity contribution is 0.577. The molecule has 20 heavy (non-hydrogen) atoms. The molecule has 0 fully saturated rings. The molecule has 0 spiro atoms. The van der Waals surface area contributed by atoms with Gasteiger partial charge in [-0.25, -0.2) is 0 Å². The van der Waals surface area contributed by atoms with Crippen molar-refractivity contribution in [2.24, 2.45) is 0 Å². The van der Waals surface area contributed by atoms with Gasteiger partial charge < -0.3 is 0 Å². The van der Waals surface area contributed by atoms with E-state index >= 15 is 0 Å². The number of rotatable bonds is 14. The van der Waals surface area contributed by atoms with Crippen LogP contribution in [0.1, 0.15) is 77.6 Å². The van der Waals surface area contributed by atoms with Crippen molar-refractivity contribution >= 4 is 0 Å². The van der Waals surface area contributed by atoms with Crippen molar-refractivity contribution in [3.8, 4) is 0 Å². The van der Waals surface area contributed by atoms with Gasteiger partial charge in [0.2, 0.25) is 0 Å². The fraction of sp³-hybridized carbons (Fsp3) is 0.600. The van der Waals surface area contributed by atoms with E-state index in [2.05, 4.69) is 43.9 Å². The van der Waals surface area contributed by atoms with E-state index in [1.165, 1.54) is 57.8 Å². The number of unbranched alkanes of at least 4 members (excludes halogenated alkanes) is 8. The van der Waals surface area contributed by atoms with E-state index < -0.39 is 0 Å². The molecular formula is C20H34. The van der Waals surface area contributed by atoms with Crippen molar-refractivity contribution in [2.45, 2.75) is 77.6 Å². The molecule has 0 aliphatic heterocycles. The Bertz CT molecular complexity index is 268. The van der Waals surface area contributed by atoms with Crippen molar-refractivity contribution < 1.29 is 0 Å². The lowest BCUT2D eigenvalue weighted by Gasteiger charge is -1.99. The highest BCUT2D eigenvalue weighted by atomic mass is 14.0. The van der Waals surface area contributed by atoms with Crippen LogP contribution in [-0.4, -0.2) is 0 Å². The molecule has 0 amide bonds. The van der Waals surface area contributed by atoms with Crippen LogP contribution in [-0.2, 0) is 0 Å². The predicted octanol–water partition coefficient (Wildman–Crippen LogP) is 7.15. The summed E-state index contributed by atoms with van der Waals surface area (Å²) in [6.07, 6.45) is 29.6. The van der Waals surface area contributed by atoms with Gasteiger partial charge in [-0.05, 0) is 25.7 Å². The number of hydrogen-bond acceptors (Lipinski definition) is 0. The molecular weight excluding hydrogens is 240 g/mol. The Labute approximate surface area is 127 Å². The van der Waals surface area contributed by atoms with Gasteiger partial charge in [0.25, 0.3) is 0 Å². The summed E-state index contributed by atoms with van der Waals surface area (Å²) in [4.78, 5) is 0. The molecule has 0 unspecified atom stereocenters. The normalized spacial score (nSPS) is 12.1. The minimum Gasteiger partial charge on any atom is -0.0991 e. The van der Waals surface area contributed by atoms with Crippen molar-refractivity contribution in [3.05, 3.63) is 49.1 Å². The van der Waals surface area contributed by atoms with Crippen molar-refractivity contribution in [2.75, 3.05) is 0 Å². The Kier molecular flexibility index (Phi) is 17.0. The second kappa shape index (κ2) is 18.0. The predicted molar refractivity (Wildman–Crippen MR) is 94.1 cm³/mol. The van der Waals surface area contributed by atoms with E-state index in [1.54, 1.807) is 0 Å². The molecule has 0 saturated heterocycles. The molecule has 0 bridgehead atoms. The van der Waals surface area contributed by atoms with Crippen LogP contribution in [0.2, 0.25) is 0 Å². The van der Waals surface area contributed by atoms with Crippen LogP contribution in [0.3, 0.4) is 0 Å². The van der Waals surface area contributed by atoms with E-state index in [9.17, 15) is 0 Å². The first-order valence-corrected chi connectivity index (χ1v) is 8.49. The SMILES string of the molecule is C=CC=CCC=CCC=CCCCCCCCCCC. The average Bonchev–Trinajstić information content (AvgIpc) is 2.47. The summed E-state index contributed by atoms with van der Waals surface area (Å²) in [6, 6.07) is 0. The Morgan fingerprint density at radius 1 is 0.650 bits per heavy atom. The summed E-state index contributed by atoms with van der Waals surface area (Å²) in [5.41, 5.74) is 0. The molecule has 0 aliphatic rings. The summed E-state index contributed by atoms with van der Waals surface area (Å²) in [6.45, 7) is 5.92. The summed E-state index contributed by atoms with van der Waals surface area (Å²) in [5.74, 6) is 0. The lowest BCUT2D eigenvalue weighted by Crippen LogP contribution is -1.79. The topological polar surface area (TPSA) is 0 Å². The van der Waals surface area contributed by atoms with Crippen LogP contribution >= 0.6 is 0 Å². The average molecular weight is 274 g/mol. The maximum Gasteiger partial charge on any atom is -0.0166 e.